The van der Waals surface area contributed by atoms with Gasteiger partial charge in [0, 0.05) is 12.1 Å². The van der Waals surface area contributed by atoms with E-state index in [1.165, 1.54) is 15.9 Å². The van der Waals surface area contributed by atoms with Crippen molar-refractivity contribution in [3.8, 4) is 11.1 Å². The minimum atomic E-state index is -1.24. The Morgan fingerprint density at radius 3 is 2.21 bits per heavy atom. The number of hydroxylamine groups is 1. The van der Waals surface area contributed by atoms with E-state index in [0.717, 1.165) is 24.0 Å². The molecule has 148 valence electrons. The lowest BCUT2D eigenvalue weighted by atomic mass is 10.0. The summed E-state index contributed by atoms with van der Waals surface area (Å²) in [7, 11) is 0. The van der Waals surface area contributed by atoms with Crippen LogP contribution in [0.5, 0.6) is 0 Å². The highest BCUT2D eigenvalue weighted by atomic mass is 16.5. The summed E-state index contributed by atoms with van der Waals surface area (Å²) in [5.74, 6) is -1.29. The number of likely N-dealkylation sites (tertiary alicyclic amines) is 1. The van der Waals surface area contributed by atoms with E-state index >= 15 is 0 Å². The molecule has 3 atom stereocenters. The number of nitrogens with zero attached hydrogens (tertiary/aromatic N) is 1. The molecule has 2 amide bonds. The highest BCUT2D eigenvalue weighted by molar-refractivity contribution is 5.98. The molecule has 0 aliphatic carbocycles. The molecule has 1 aliphatic rings. The van der Waals surface area contributed by atoms with Gasteiger partial charge in [-0.2, -0.15) is 0 Å². The number of amides is 2. The van der Waals surface area contributed by atoms with Crippen LogP contribution in [0.25, 0.3) is 11.1 Å². The van der Waals surface area contributed by atoms with E-state index in [-0.39, 0.29) is 6.54 Å². The Bertz CT molecular complexity index is 836. The fourth-order valence-corrected chi connectivity index (χ4v) is 3.56. The average molecular weight is 383 g/mol. The van der Waals surface area contributed by atoms with Crippen molar-refractivity contribution in [1.29, 1.82) is 0 Å². The van der Waals surface area contributed by atoms with E-state index < -0.39 is 30.0 Å². The second-order valence-corrected chi connectivity index (χ2v) is 7.06. The van der Waals surface area contributed by atoms with Crippen molar-refractivity contribution in [2.24, 2.45) is 5.73 Å². The number of rotatable bonds is 5. The van der Waals surface area contributed by atoms with Crippen LogP contribution in [0.4, 0.5) is 0 Å². The Hall–Kier alpha value is -2.74. The fraction of sp³-hybridized carbons (Fsp3) is 0.333. The quantitative estimate of drug-likeness (QED) is 0.459. The topological polar surface area (TPSA) is 116 Å². The SMILES string of the molecule is CCCc1ccc(-c2ccc(C(=O)N3C[C@H](N)[C@@H](O)[C@H]3C(=O)NO)cc2)cc1. The molecule has 0 saturated carbocycles. The smallest absolute Gasteiger partial charge is 0.268 e. The highest BCUT2D eigenvalue weighted by Crippen LogP contribution is 2.24. The molecule has 3 rings (SSSR count). The molecule has 5 N–H and O–H groups in total. The number of carbonyl (C=O) groups excluding carboxylic acids is 2. The van der Waals surface area contributed by atoms with E-state index in [0.29, 0.717) is 5.56 Å². The lowest BCUT2D eigenvalue weighted by molar-refractivity contribution is -0.135. The van der Waals surface area contributed by atoms with Gasteiger partial charge in [-0.15, -0.1) is 0 Å². The molecule has 2 aromatic carbocycles. The van der Waals surface area contributed by atoms with Gasteiger partial charge in [0.05, 0.1) is 6.04 Å². The van der Waals surface area contributed by atoms with Crippen LogP contribution >= 0.6 is 0 Å². The molecule has 0 spiro atoms. The Morgan fingerprint density at radius 1 is 1.11 bits per heavy atom. The monoisotopic (exact) mass is 383 g/mol. The first-order chi connectivity index (χ1) is 13.5. The molecule has 0 unspecified atom stereocenters. The van der Waals surface area contributed by atoms with Gasteiger partial charge in [-0.1, -0.05) is 49.7 Å². The minimum absolute atomic E-state index is 0.0265. The van der Waals surface area contributed by atoms with E-state index in [1.807, 2.05) is 12.1 Å². The Labute approximate surface area is 163 Å². The first kappa shape index (κ1) is 20.0. The fourth-order valence-electron chi connectivity index (χ4n) is 3.56. The number of hydrogen-bond acceptors (Lipinski definition) is 5. The second kappa shape index (κ2) is 8.52. The Balaban J connectivity index is 1.79. The van der Waals surface area contributed by atoms with Gasteiger partial charge in [-0.05, 0) is 35.2 Å². The number of aryl methyl sites for hydroxylation is 1. The zero-order valence-electron chi connectivity index (χ0n) is 15.7. The first-order valence-corrected chi connectivity index (χ1v) is 9.34. The zero-order valence-corrected chi connectivity index (χ0v) is 15.7. The van der Waals surface area contributed by atoms with Crippen LogP contribution in [0, 0.1) is 0 Å². The van der Waals surface area contributed by atoms with Crippen molar-refractivity contribution in [3.05, 3.63) is 59.7 Å². The summed E-state index contributed by atoms with van der Waals surface area (Å²) in [4.78, 5) is 25.9. The van der Waals surface area contributed by atoms with E-state index in [2.05, 4.69) is 31.2 Å². The van der Waals surface area contributed by atoms with Crippen molar-refractivity contribution < 1.29 is 19.9 Å². The third-order valence-corrected chi connectivity index (χ3v) is 5.10. The van der Waals surface area contributed by atoms with Gasteiger partial charge in [-0.25, -0.2) is 5.48 Å². The van der Waals surface area contributed by atoms with Gasteiger partial charge in [0.25, 0.3) is 11.8 Å². The van der Waals surface area contributed by atoms with Gasteiger partial charge >= 0.3 is 0 Å². The maximum atomic E-state index is 12.8. The van der Waals surface area contributed by atoms with Gasteiger partial charge in [-0.3, -0.25) is 14.8 Å². The van der Waals surface area contributed by atoms with Crippen molar-refractivity contribution in [1.82, 2.24) is 10.4 Å². The number of nitrogens with two attached hydrogens (primary N) is 1. The van der Waals surface area contributed by atoms with E-state index in [9.17, 15) is 14.7 Å². The van der Waals surface area contributed by atoms with Gasteiger partial charge in [0.2, 0.25) is 0 Å². The van der Waals surface area contributed by atoms with Crippen LogP contribution in [0.2, 0.25) is 0 Å². The van der Waals surface area contributed by atoms with Crippen LogP contribution in [-0.4, -0.2) is 51.8 Å². The number of aliphatic hydroxyl groups is 1. The molecule has 0 radical (unpaired) electrons. The Kier molecular flexibility index (Phi) is 6.08. The van der Waals surface area contributed by atoms with Crippen molar-refractivity contribution in [2.45, 2.75) is 38.0 Å². The van der Waals surface area contributed by atoms with E-state index in [4.69, 9.17) is 10.9 Å². The van der Waals surface area contributed by atoms with Gasteiger partial charge < -0.3 is 15.7 Å². The van der Waals surface area contributed by atoms with Gasteiger partial charge in [0.15, 0.2) is 0 Å². The number of nitrogens with one attached hydrogen (secondary N) is 1. The molecular weight excluding hydrogens is 358 g/mol. The summed E-state index contributed by atoms with van der Waals surface area (Å²) in [6.07, 6.45) is 0.900. The average Bonchev–Trinajstić information content (AvgIpc) is 3.02. The predicted octanol–water partition coefficient (Wildman–Crippen LogP) is 1.32. The lowest BCUT2D eigenvalue weighted by Crippen LogP contribution is -2.50. The van der Waals surface area contributed by atoms with E-state index in [1.54, 1.807) is 12.1 Å². The minimum Gasteiger partial charge on any atom is -0.389 e. The molecule has 1 aliphatic heterocycles. The third kappa shape index (κ3) is 3.91. The number of carbonyl (C=O) groups is 2. The molecule has 7 heteroatoms. The summed E-state index contributed by atoms with van der Waals surface area (Å²) in [6, 6.07) is 13.4. The number of hydrogen-bond donors (Lipinski definition) is 4. The molecule has 0 aromatic heterocycles. The second-order valence-electron chi connectivity index (χ2n) is 7.06. The molecule has 1 saturated heterocycles. The summed E-state index contributed by atoms with van der Waals surface area (Å²) in [5, 5.41) is 19.0. The first-order valence-electron chi connectivity index (χ1n) is 9.34. The van der Waals surface area contributed by atoms with Gasteiger partial charge in [0.1, 0.15) is 12.1 Å². The molecule has 1 fully saturated rings. The molecular formula is C21H25N3O4. The van der Waals surface area contributed by atoms with Crippen LogP contribution in [-0.2, 0) is 11.2 Å². The van der Waals surface area contributed by atoms with Crippen molar-refractivity contribution in [2.75, 3.05) is 6.54 Å². The molecule has 0 bridgehead atoms. The van der Waals surface area contributed by atoms with Crippen LogP contribution in [0.3, 0.4) is 0 Å². The van der Waals surface area contributed by atoms with Crippen molar-refractivity contribution in [3.63, 3.8) is 0 Å². The Morgan fingerprint density at radius 2 is 1.68 bits per heavy atom. The largest absolute Gasteiger partial charge is 0.389 e. The molecule has 1 heterocycles. The maximum Gasteiger partial charge on any atom is 0.268 e. The maximum absolute atomic E-state index is 12.8. The summed E-state index contributed by atoms with van der Waals surface area (Å²) in [5.41, 5.74) is 11.0. The molecule has 28 heavy (non-hydrogen) atoms. The highest BCUT2D eigenvalue weighted by Gasteiger charge is 2.45. The number of aliphatic hydroxyl groups excluding tert-OH is 1. The molecule has 7 nitrogen and oxygen atoms in total. The van der Waals surface area contributed by atoms with Crippen LogP contribution in [0.1, 0.15) is 29.3 Å². The standard InChI is InChI=1S/C21H25N3O4/c1-2-3-13-4-6-14(7-5-13)15-8-10-16(11-9-15)21(27)24-12-17(22)19(25)18(24)20(26)23-28/h4-11,17-19,25,28H,2-3,12,22H2,1H3,(H,23,26)/t17-,18-,19+/m0/s1. The number of benzene rings is 2. The summed E-state index contributed by atoms with van der Waals surface area (Å²) in [6.45, 7) is 2.17. The third-order valence-electron chi connectivity index (χ3n) is 5.10. The summed E-state index contributed by atoms with van der Waals surface area (Å²) >= 11 is 0. The van der Waals surface area contributed by atoms with Crippen LogP contribution < -0.4 is 11.2 Å². The molecule has 2 aromatic rings. The summed E-state index contributed by atoms with van der Waals surface area (Å²) < 4.78 is 0. The lowest BCUT2D eigenvalue weighted by Gasteiger charge is -2.24. The van der Waals surface area contributed by atoms with Crippen molar-refractivity contribution >= 4 is 11.8 Å². The van der Waals surface area contributed by atoms with Crippen LogP contribution in [0.15, 0.2) is 48.5 Å². The predicted molar refractivity (Wildman–Crippen MR) is 105 cm³/mol. The zero-order chi connectivity index (χ0) is 20.3. The normalized spacial score (nSPS) is 21.6.